The summed E-state index contributed by atoms with van der Waals surface area (Å²) in [6.45, 7) is 9.53. The van der Waals surface area contributed by atoms with Crippen LogP contribution in [0.5, 0.6) is 0 Å². The number of hydrogen-bond acceptors (Lipinski definition) is 3. The molecule has 0 fully saturated rings. The van der Waals surface area contributed by atoms with Crippen LogP contribution in [0.1, 0.15) is 45.2 Å². The standard InChI is InChI=1S/C31H30I6N2O3S/c1-30(2)22(38(5)20-16-18(32)26(34)28(36)24(20)30)12-9-7-6-8-10-13-23-31(3,4)25-21(17-19(33)27(35)29(25)37)39(23)14-11-15-43(40,41)42/h6-10,12-13,16-17H,11,14-15H2,1-5H3/p+1. The summed E-state index contributed by atoms with van der Waals surface area (Å²) in [5.74, 6) is -0.260. The molecule has 4 rings (SSSR count). The molecule has 1 N–H and O–H groups in total. The third kappa shape index (κ3) is 7.59. The molecule has 5 nitrogen and oxygen atoms in total. The van der Waals surface area contributed by atoms with Gasteiger partial charge >= 0.3 is 0 Å². The fourth-order valence-electron chi connectivity index (χ4n) is 5.85. The van der Waals surface area contributed by atoms with Crippen molar-refractivity contribution in [3.05, 3.63) is 92.9 Å². The molecule has 0 saturated carbocycles. The van der Waals surface area contributed by atoms with Gasteiger partial charge in [-0.25, -0.2) is 0 Å². The Balaban J connectivity index is 1.58. The number of allylic oxidation sites excluding steroid dienone is 8. The van der Waals surface area contributed by atoms with E-state index in [0.717, 1.165) is 11.4 Å². The van der Waals surface area contributed by atoms with Crippen LogP contribution in [-0.2, 0) is 20.9 Å². The van der Waals surface area contributed by atoms with Gasteiger partial charge in [0, 0.05) is 62.5 Å². The average molecular weight is 1270 g/mol. The fraction of sp³-hybridized carbons (Fsp3) is 0.323. The fourth-order valence-corrected chi connectivity index (χ4v) is 11.8. The molecule has 0 aliphatic carbocycles. The first-order valence-electron chi connectivity index (χ1n) is 13.3. The van der Waals surface area contributed by atoms with Gasteiger partial charge in [-0.15, -0.1) is 0 Å². The lowest BCUT2D eigenvalue weighted by Crippen LogP contribution is -2.28. The Kier molecular flexibility index (Phi) is 12.3. The van der Waals surface area contributed by atoms with Gasteiger partial charge in [-0.1, -0.05) is 44.2 Å². The highest BCUT2D eigenvalue weighted by molar-refractivity contribution is 14.1. The number of fused-ring (bicyclic) bond motifs is 2. The Morgan fingerprint density at radius 1 is 0.814 bits per heavy atom. The van der Waals surface area contributed by atoms with Crippen molar-refractivity contribution in [3.8, 4) is 0 Å². The summed E-state index contributed by atoms with van der Waals surface area (Å²) < 4.78 is 42.0. The molecule has 0 aromatic heterocycles. The van der Waals surface area contributed by atoms with E-state index in [0.29, 0.717) is 13.0 Å². The van der Waals surface area contributed by atoms with Crippen LogP contribution in [0, 0.1) is 21.4 Å². The third-order valence-corrected chi connectivity index (χ3v) is 18.9. The van der Waals surface area contributed by atoms with Crippen molar-refractivity contribution in [2.24, 2.45) is 0 Å². The van der Waals surface area contributed by atoms with Crippen LogP contribution in [0.15, 0.2) is 60.4 Å². The monoisotopic (exact) mass is 1270 g/mol. The topological polar surface area (TPSA) is 60.6 Å². The third-order valence-electron chi connectivity index (χ3n) is 7.85. The zero-order valence-corrected chi connectivity index (χ0v) is 37.9. The second-order valence-electron chi connectivity index (χ2n) is 11.4. The Labute approximate surface area is 337 Å². The van der Waals surface area contributed by atoms with Crippen molar-refractivity contribution in [3.63, 3.8) is 0 Å². The van der Waals surface area contributed by atoms with Crippen molar-refractivity contribution in [2.75, 3.05) is 24.2 Å². The first kappa shape index (κ1) is 37.0. The van der Waals surface area contributed by atoms with Crippen molar-refractivity contribution >= 4 is 163 Å². The lowest BCUT2D eigenvalue weighted by Gasteiger charge is -2.27. The molecule has 0 unspecified atom stereocenters. The van der Waals surface area contributed by atoms with Crippen LogP contribution in [-0.4, -0.2) is 42.6 Å². The molecule has 2 aliphatic rings. The number of hydrogen-bond donors (Lipinski definition) is 1. The van der Waals surface area contributed by atoms with Gasteiger partial charge in [-0.05, 0) is 168 Å². The minimum absolute atomic E-state index is 0.0928. The molecule has 2 aromatic rings. The predicted octanol–water partition coefficient (Wildman–Crippen LogP) is 9.95. The van der Waals surface area contributed by atoms with E-state index >= 15 is 0 Å². The van der Waals surface area contributed by atoms with Crippen LogP contribution in [0.25, 0.3) is 0 Å². The van der Waals surface area contributed by atoms with Crippen LogP contribution < -0.4 is 4.90 Å². The van der Waals surface area contributed by atoms with Gasteiger partial charge in [0.05, 0.1) is 16.7 Å². The van der Waals surface area contributed by atoms with E-state index in [1.54, 1.807) is 0 Å². The maximum atomic E-state index is 11.4. The Bertz CT molecular complexity index is 1760. The molecular weight excluding hydrogens is 1240 g/mol. The van der Waals surface area contributed by atoms with Crippen molar-refractivity contribution in [1.82, 2.24) is 0 Å². The molecule has 2 aromatic carbocycles. The van der Waals surface area contributed by atoms with Crippen molar-refractivity contribution in [2.45, 2.75) is 44.9 Å². The number of halogens is 6. The summed E-state index contributed by atoms with van der Waals surface area (Å²) in [7, 11) is -1.87. The highest BCUT2D eigenvalue weighted by atomic mass is 127. The largest absolute Gasteiger partial charge is 0.344 e. The highest BCUT2D eigenvalue weighted by Gasteiger charge is 2.45. The average Bonchev–Trinajstić information content (AvgIpc) is 3.22. The molecule has 0 radical (unpaired) electrons. The van der Waals surface area contributed by atoms with E-state index in [9.17, 15) is 13.0 Å². The van der Waals surface area contributed by atoms with Gasteiger partial charge in [0.2, 0.25) is 5.69 Å². The van der Waals surface area contributed by atoms with E-state index in [1.165, 1.54) is 43.9 Å². The molecule has 0 amide bonds. The van der Waals surface area contributed by atoms with E-state index in [2.05, 4.69) is 216 Å². The molecule has 0 atom stereocenters. The Morgan fingerprint density at radius 2 is 1.37 bits per heavy atom. The van der Waals surface area contributed by atoms with Gasteiger partial charge in [-0.2, -0.15) is 13.0 Å². The van der Waals surface area contributed by atoms with E-state index in [4.69, 9.17) is 0 Å². The Morgan fingerprint density at radius 3 is 2.00 bits per heavy atom. The highest BCUT2D eigenvalue weighted by Crippen LogP contribution is 2.51. The quantitative estimate of drug-likeness (QED) is 0.0941. The minimum atomic E-state index is -4.02. The zero-order valence-electron chi connectivity index (χ0n) is 24.2. The number of rotatable bonds is 8. The second-order valence-corrected chi connectivity index (χ2v) is 19.6. The first-order chi connectivity index (χ1) is 19.9. The van der Waals surface area contributed by atoms with Crippen LogP contribution >= 0.6 is 136 Å². The Hall–Kier alpha value is 1.16. The summed E-state index contributed by atoms with van der Waals surface area (Å²) in [5.41, 5.74) is 7.03. The second kappa shape index (κ2) is 14.3. The summed E-state index contributed by atoms with van der Waals surface area (Å²) >= 11 is 14.6. The predicted molar refractivity (Wildman–Crippen MR) is 230 cm³/mol. The maximum absolute atomic E-state index is 11.4. The van der Waals surface area contributed by atoms with E-state index in [-0.39, 0.29) is 16.6 Å². The van der Waals surface area contributed by atoms with Crippen molar-refractivity contribution < 1.29 is 17.5 Å². The SMILES string of the molecule is C[N+]1=C(/C=C/C=C/C=C/C=C2\N(CCCS(=O)(=O)O)c3cc(I)c(I)c(I)c3C2(C)C)C(C)(C)c2c1cc(I)c(I)c2I. The summed E-state index contributed by atoms with van der Waals surface area (Å²) in [4.78, 5) is 2.21. The molecular formula is C31H31I6N2O3S+. The number of anilines is 1. The van der Waals surface area contributed by atoms with Crippen LogP contribution in [0.3, 0.4) is 0 Å². The van der Waals surface area contributed by atoms with Gasteiger partial charge in [0.15, 0.2) is 5.71 Å². The lowest BCUT2D eigenvalue weighted by molar-refractivity contribution is -0.401. The van der Waals surface area contributed by atoms with Gasteiger partial charge in [-0.3, -0.25) is 4.55 Å². The molecule has 0 saturated heterocycles. The molecule has 43 heavy (non-hydrogen) atoms. The normalized spacial score (nSPS) is 18.7. The molecule has 0 spiro atoms. The zero-order chi connectivity index (χ0) is 32.1. The van der Waals surface area contributed by atoms with E-state index in [1.807, 2.05) is 18.2 Å². The minimum Gasteiger partial charge on any atom is -0.344 e. The lowest BCUT2D eigenvalue weighted by atomic mass is 9.81. The van der Waals surface area contributed by atoms with Gasteiger partial charge < -0.3 is 4.90 Å². The molecule has 2 aliphatic heterocycles. The number of nitrogens with zero attached hydrogens (tertiary/aromatic N) is 2. The smallest absolute Gasteiger partial charge is 0.264 e. The van der Waals surface area contributed by atoms with Crippen molar-refractivity contribution in [1.29, 1.82) is 0 Å². The molecule has 12 heteroatoms. The molecule has 230 valence electrons. The van der Waals surface area contributed by atoms with Gasteiger partial charge in [0.25, 0.3) is 10.1 Å². The van der Waals surface area contributed by atoms with Gasteiger partial charge in [0.1, 0.15) is 7.05 Å². The first-order valence-corrected chi connectivity index (χ1v) is 21.4. The van der Waals surface area contributed by atoms with Crippen LogP contribution in [0.2, 0.25) is 0 Å². The summed E-state index contributed by atoms with van der Waals surface area (Å²) in [5, 5.41) is 0. The molecule has 0 bridgehead atoms. The number of benzene rings is 2. The summed E-state index contributed by atoms with van der Waals surface area (Å²) in [6, 6.07) is 4.47. The van der Waals surface area contributed by atoms with Crippen LogP contribution in [0.4, 0.5) is 11.4 Å². The molecule has 2 heterocycles. The van der Waals surface area contributed by atoms with E-state index < -0.39 is 10.1 Å². The summed E-state index contributed by atoms with van der Waals surface area (Å²) in [6.07, 6.45) is 14.9. The maximum Gasteiger partial charge on any atom is 0.264 e.